The molecule has 1 aromatic heterocycles. The third-order valence-corrected chi connectivity index (χ3v) is 2.32. The lowest BCUT2D eigenvalue weighted by atomic mass is 10.2. The van der Waals surface area contributed by atoms with Gasteiger partial charge in [0.15, 0.2) is 0 Å². The van der Waals surface area contributed by atoms with Crippen LogP contribution in [0.3, 0.4) is 0 Å². The van der Waals surface area contributed by atoms with Crippen molar-refractivity contribution in [2.24, 2.45) is 0 Å². The molecule has 0 aliphatic rings. The van der Waals surface area contributed by atoms with Crippen molar-refractivity contribution in [3.05, 3.63) is 35.1 Å². The van der Waals surface area contributed by atoms with Gasteiger partial charge in [-0.15, -0.1) is 0 Å². The number of halogens is 1. The van der Waals surface area contributed by atoms with Gasteiger partial charge in [0.25, 0.3) is 0 Å². The van der Waals surface area contributed by atoms with Crippen LogP contribution < -0.4 is 0 Å². The highest BCUT2D eigenvalue weighted by atomic mass is 35.5. The van der Waals surface area contributed by atoms with Gasteiger partial charge in [-0.3, -0.25) is 0 Å². The number of nitrogens with zero attached hydrogens (tertiary/aromatic N) is 1. The molecule has 3 heteroatoms. The summed E-state index contributed by atoms with van der Waals surface area (Å²) in [7, 11) is 1.01. The highest BCUT2D eigenvalue weighted by Gasteiger charge is 1.92. The fourth-order valence-corrected chi connectivity index (χ4v) is 1.74. The van der Waals surface area contributed by atoms with Gasteiger partial charge in [0.2, 0.25) is 0 Å². The Morgan fingerprint density at radius 3 is 3.09 bits per heavy atom. The van der Waals surface area contributed by atoms with E-state index in [1.807, 2.05) is 30.1 Å². The lowest BCUT2D eigenvalue weighted by molar-refractivity contribution is 1.63. The van der Waals surface area contributed by atoms with Gasteiger partial charge >= 0.3 is 0 Å². The largest absolute Gasteiger partial charge is 0.227 e. The molecule has 0 N–H and O–H groups in total. The van der Waals surface area contributed by atoms with Crippen molar-refractivity contribution < 1.29 is 0 Å². The maximum Gasteiger partial charge on any atom is 0.0752 e. The normalized spacial score (nSPS) is 11.0. The Morgan fingerprint density at radius 2 is 2.18 bits per heavy atom. The molecule has 1 heterocycles. The van der Waals surface area contributed by atoms with Gasteiger partial charge in [-0.25, -0.2) is 4.75 Å². The van der Waals surface area contributed by atoms with E-state index in [0.717, 1.165) is 24.3 Å². The van der Waals surface area contributed by atoms with Crippen LogP contribution in [-0.4, -0.2) is 4.75 Å². The number of hydrogen-bond donors (Lipinski definition) is 0. The van der Waals surface area contributed by atoms with Crippen LogP contribution in [0.5, 0.6) is 0 Å². The Labute approximate surface area is 71.2 Å². The summed E-state index contributed by atoms with van der Waals surface area (Å²) in [4.78, 5) is 0. The standard InChI is InChI=1S/C8H5ClNP/c9-7-1-2-8-6(5-7)3-4-11-10-8/h1-5H. The molecule has 0 aliphatic carbocycles. The molecule has 0 saturated carbocycles. The third-order valence-electron chi connectivity index (χ3n) is 1.48. The Bertz CT molecular complexity index is 389. The second-order valence-electron chi connectivity index (χ2n) is 2.23. The molecule has 54 valence electrons. The first-order valence-corrected chi connectivity index (χ1v) is 4.53. The fraction of sp³-hybridized carbons (Fsp3) is 0. The summed E-state index contributed by atoms with van der Waals surface area (Å²) in [5, 5.41) is 1.87. The zero-order valence-electron chi connectivity index (χ0n) is 5.66. The van der Waals surface area contributed by atoms with E-state index in [4.69, 9.17) is 11.6 Å². The number of rotatable bonds is 0. The first-order chi connectivity index (χ1) is 5.36. The van der Waals surface area contributed by atoms with Crippen LogP contribution in [0.2, 0.25) is 5.02 Å². The second-order valence-corrected chi connectivity index (χ2v) is 3.40. The number of benzene rings is 1. The van der Waals surface area contributed by atoms with Crippen molar-refractivity contribution in [1.82, 2.24) is 4.75 Å². The Kier molecular flexibility index (Phi) is 1.77. The van der Waals surface area contributed by atoms with Crippen molar-refractivity contribution in [3.8, 4) is 0 Å². The molecular formula is C8H5ClNP. The molecule has 0 fully saturated rings. The molecule has 2 aromatic rings. The lowest BCUT2D eigenvalue weighted by Crippen LogP contribution is -1.71. The van der Waals surface area contributed by atoms with E-state index in [1.165, 1.54) is 0 Å². The molecule has 11 heavy (non-hydrogen) atoms. The molecule has 0 spiro atoms. The molecule has 0 bridgehead atoms. The molecule has 0 aliphatic heterocycles. The van der Waals surface area contributed by atoms with Crippen LogP contribution in [0.4, 0.5) is 0 Å². The third kappa shape index (κ3) is 1.35. The first-order valence-electron chi connectivity index (χ1n) is 3.23. The maximum atomic E-state index is 5.80. The van der Waals surface area contributed by atoms with E-state index in [0.29, 0.717) is 0 Å². The first kappa shape index (κ1) is 7.02. The van der Waals surface area contributed by atoms with Crippen LogP contribution in [0.15, 0.2) is 30.1 Å². The van der Waals surface area contributed by atoms with Crippen molar-refractivity contribution in [2.45, 2.75) is 0 Å². The number of hydrogen-bond acceptors (Lipinski definition) is 1. The SMILES string of the molecule is Clc1ccc2npccc2c1. The van der Waals surface area contributed by atoms with Crippen molar-refractivity contribution >= 4 is 30.9 Å². The van der Waals surface area contributed by atoms with Gasteiger partial charge in [-0.05, 0) is 30.1 Å². The van der Waals surface area contributed by atoms with E-state index >= 15 is 0 Å². The van der Waals surface area contributed by atoms with Crippen molar-refractivity contribution in [1.29, 1.82) is 0 Å². The van der Waals surface area contributed by atoms with Gasteiger partial charge in [0, 0.05) is 18.8 Å². The average molecular weight is 182 g/mol. The predicted octanol–water partition coefficient (Wildman–Crippen LogP) is 3.47. The van der Waals surface area contributed by atoms with Gasteiger partial charge < -0.3 is 0 Å². The Balaban J connectivity index is 2.83. The molecular weight excluding hydrogens is 177 g/mol. The molecule has 2 rings (SSSR count). The summed E-state index contributed by atoms with van der Waals surface area (Å²) in [5.41, 5.74) is 1.03. The minimum Gasteiger partial charge on any atom is -0.227 e. The minimum atomic E-state index is 0.766. The molecule has 0 amide bonds. The van der Waals surface area contributed by atoms with E-state index in [-0.39, 0.29) is 0 Å². The second kappa shape index (κ2) is 2.77. The predicted molar refractivity (Wildman–Crippen MR) is 49.3 cm³/mol. The van der Waals surface area contributed by atoms with E-state index in [9.17, 15) is 0 Å². The molecule has 0 unspecified atom stereocenters. The van der Waals surface area contributed by atoms with Gasteiger partial charge in [0.1, 0.15) is 0 Å². The summed E-state index contributed by atoms with van der Waals surface area (Å²) in [5.74, 6) is 2.00. The lowest BCUT2D eigenvalue weighted by Gasteiger charge is -1.94. The van der Waals surface area contributed by atoms with Gasteiger partial charge in [-0.2, -0.15) is 0 Å². The van der Waals surface area contributed by atoms with Crippen molar-refractivity contribution in [2.75, 3.05) is 0 Å². The average Bonchev–Trinajstić information content (AvgIpc) is 2.04. The zero-order valence-corrected chi connectivity index (χ0v) is 7.31. The number of fused-ring (bicyclic) bond motifs is 1. The number of aromatic nitrogens is 1. The molecule has 0 atom stereocenters. The van der Waals surface area contributed by atoms with Gasteiger partial charge in [0.05, 0.1) is 5.52 Å². The molecule has 1 aromatic carbocycles. The van der Waals surface area contributed by atoms with Crippen LogP contribution in [-0.2, 0) is 0 Å². The Morgan fingerprint density at radius 1 is 1.27 bits per heavy atom. The highest BCUT2D eigenvalue weighted by molar-refractivity contribution is 7.24. The summed E-state index contributed by atoms with van der Waals surface area (Å²) in [6.07, 6.45) is 0. The van der Waals surface area contributed by atoms with E-state index in [1.54, 1.807) is 0 Å². The summed E-state index contributed by atoms with van der Waals surface area (Å²) in [6, 6.07) is 7.76. The topological polar surface area (TPSA) is 12.9 Å². The van der Waals surface area contributed by atoms with Crippen LogP contribution in [0.25, 0.3) is 10.9 Å². The highest BCUT2D eigenvalue weighted by Crippen LogP contribution is 2.18. The summed E-state index contributed by atoms with van der Waals surface area (Å²) < 4.78 is 4.26. The minimum absolute atomic E-state index is 0.766. The summed E-state index contributed by atoms with van der Waals surface area (Å²) in [6.45, 7) is 0. The molecule has 0 radical (unpaired) electrons. The van der Waals surface area contributed by atoms with Crippen LogP contribution >= 0.6 is 20.0 Å². The Hall–Kier alpha value is -0.650. The van der Waals surface area contributed by atoms with E-state index < -0.39 is 0 Å². The van der Waals surface area contributed by atoms with Crippen LogP contribution in [0.1, 0.15) is 0 Å². The van der Waals surface area contributed by atoms with Crippen LogP contribution in [0, 0.1) is 0 Å². The van der Waals surface area contributed by atoms with Gasteiger partial charge in [-0.1, -0.05) is 11.6 Å². The quantitative estimate of drug-likeness (QED) is 0.607. The van der Waals surface area contributed by atoms with E-state index in [2.05, 4.69) is 4.75 Å². The summed E-state index contributed by atoms with van der Waals surface area (Å²) >= 11 is 5.80. The smallest absolute Gasteiger partial charge is 0.0752 e. The van der Waals surface area contributed by atoms with Crippen molar-refractivity contribution in [3.63, 3.8) is 0 Å². The molecule has 1 nitrogen and oxygen atoms in total. The maximum absolute atomic E-state index is 5.80. The zero-order chi connectivity index (χ0) is 7.68. The molecule has 0 saturated heterocycles. The fourth-order valence-electron chi connectivity index (χ4n) is 0.959. The monoisotopic (exact) mass is 181 g/mol.